The van der Waals surface area contributed by atoms with Gasteiger partial charge >= 0.3 is 5.97 Å². The Labute approximate surface area is 134 Å². The van der Waals surface area contributed by atoms with Crippen LogP contribution in [0.4, 0.5) is 5.69 Å². The quantitative estimate of drug-likeness (QED) is 0.653. The highest BCUT2D eigenvalue weighted by Gasteiger charge is 2.37. The van der Waals surface area contributed by atoms with Crippen LogP contribution in [0.2, 0.25) is 0 Å². The summed E-state index contributed by atoms with van der Waals surface area (Å²) in [6, 6.07) is 4.24. The number of esters is 1. The average Bonchev–Trinajstić information content (AvgIpc) is 2.97. The molecule has 0 radical (unpaired) electrons. The van der Waals surface area contributed by atoms with Crippen LogP contribution in [0.15, 0.2) is 18.2 Å². The Bertz CT molecular complexity index is 759. The van der Waals surface area contributed by atoms with Crippen LogP contribution in [-0.4, -0.2) is 43.4 Å². The first-order valence-corrected chi connectivity index (χ1v) is 9.31. The minimum atomic E-state index is -3.42. The molecule has 1 aromatic rings. The summed E-state index contributed by atoms with van der Waals surface area (Å²) in [6.07, 6.45) is 3.19. The average molecular weight is 338 g/mol. The van der Waals surface area contributed by atoms with Crippen LogP contribution >= 0.6 is 0 Å². The van der Waals surface area contributed by atoms with Crippen LogP contribution in [-0.2, 0) is 26.0 Å². The Morgan fingerprint density at radius 2 is 2.13 bits per heavy atom. The molecule has 1 N–H and O–H groups in total. The Hall–Kier alpha value is -1.93. The van der Waals surface area contributed by atoms with Crippen molar-refractivity contribution in [2.24, 2.45) is 0 Å². The van der Waals surface area contributed by atoms with E-state index in [4.69, 9.17) is 4.74 Å². The normalized spacial score (nSPS) is 21.6. The Morgan fingerprint density at radius 3 is 2.87 bits per heavy atom. The van der Waals surface area contributed by atoms with E-state index in [1.165, 1.54) is 4.31 Å². The SMILES string of the molecule is CS(=O)(=O)N1CCC[C@H]1C(=O)Oc1ccc2c(c1)CCC(=O)N2. The second-order valence-electron chi connectivity index (χ2n) is 5.82. The number of carbonyl (C=O) groups excluding carboxylic acids is 2. The lowest BCUT2D eigenvalue weighted by Gasteiger charge is -2.21. The molecular formula is C15H18N2O5S. The predicted octanol–water partition coefficient (Wildman–Crippen LogP) is 0.901. The molecule has 0 saturated carbocycles. The maximum Gasteiger partial charge on any atom is 0.329 e. The number of hydrogen-bond donors (Lipinski definition) is 1. The number of anilines is 1. The van der Waals surface area contributed by atoms with E-state index in [0.29, 0.717) is 38.0 Å². The van der Waals surface area contributed by atoms with Crippen molar-refractivity contribution in [3.8, 4) is 5.75 Å². The molecule has 1 fully saturated rings. The highest BCUT2D eigenvalue weighted by Crippen LogP contribution is 2.28. The molecule has 1 saturated heterocycles. The summed E-state index contributed by atoms with van der Waals surface area (Å²) in [6.45, 7) is 0.342. The Balaban J connectivity index is 1.74. The topological polar surface area (TPSA) is 92.8 Å². The van der Waals surface area contributed by atoms with E-state index in [-0.39, 0.29) is 5.91 Å². The molecule has 0 aromatic heterocycles. The molecule has 3 rings (SSSR count). The van der Waals surface area contributed by atoms with Gasteiger partial charge in [-0.3, -0.25) is 4.79 Å². The lowest BCUT2D eigenvalue weighted by molar-refractivity contribution is -0.138. The molecule has 23 heavy (non-hydrogen) atoms. The smallest absolute Gasteiger partial charge is 0.329 e. The van der Waals surface area contributed by atoms with Gasteiger partial charge in [-0.2, -0.15) is 4.31 Å². The molecule has 2 heterocycles. The van der Waals surface area contributed by atoms with Gasteiger partial charge in [0, 0.05) is 18.7 Å². The zero-order valence-corrected chi connectivity index (χ0v) is 13.6. The van der Waals surface area contributed by atoms with Crippen LogP contribution in [0.25, 0.3) is 0 Å². The van der Waals surface area contributed by atoms with E-state index in [2.05, 4.69) is 5.32 Å². The number of hydrogen-bond acceptors (Lipinski definition) is 5. The van der Waals surface area contributed by atoms with Gasteiger partial charge in [0.15, 0.2) is 0 Å². The van der Waals surface area contributed by atoms with Crippen molar-refractivity contribution >= 4 is 27.6 Å². The standard InChI is InChI=1S/C15H18N2O5S/c1-23(20,21)17-8-2-3-13(17)15(19)22-11-5-6-12-10(9-11)4-7-14(18)16-12/h5-6,9,13H,2-4,7-8H2,1H3,(H,16,18)/t13-/m0/s1. The molecule has 0 aliphatic carbocycles. The van der Waals surface area contributed by atoms with Crippen LogP contribution < -0.4 is 10.1 Å². The van der Waals surface area contributed by atoms with Crippen molar-refractivity contribution < 1.29 is 22.7 Å². The summed E-state index contributed by atoms with van der Waals surface area (Å²) < 4.78 is 29.9. The lowest BCUT2D eigenvalue weighted by Crippen LogP contribution is -2.41. The summed E-state index contributed by atoms with van der Waals surface area (Å²) in [5, 5.41) is 2.76. The van der Waals surface area contributed by atoms with E-state index in [0.717, 1.165) is 17.5 Å². The fraction of sp³-hybridized carbons (Fsp3) is 0.467. The third kappa shape index (κ3) is 3.37. The van der Waals surface area contributed by atoms with Crippen LogP contribution in [0.1, 0.15) is 24.8 Å². The van der Waals surface area contributed by atoms with Crippen LogP contribution in [0.3, 0.4) is 0 Å². The first-order valence-electron chi connectivity index (χ1n) is 7.46. The second-order valence-corrected chi connectivity index (χ2v) is 7.76. The Morgan fingerprint density at radius 1 is 1.35 bits per heavy atom. The maximum absolute atomic E-state index is 12.3. The predicted molar refractivity (Wildman–Crippen MR) is 83.6 cm³/mol. The van der Waals surface area contributed by atoms with Crippen LogP contribution in [0.5, 0.6) is 5.75 Å². The summed E-state index contributed by atoms with van der Waals surface area (Å²) in [7, 11) is -3.42. The van der Waals surface area contributed by atoms with Gasteiger partial charge in [-0.05, 0) is 43.0 Å². The number of carbonyl (C=O) groups is 2. The van der Waals surface area contributed by atoms with E-state index < -0.39 is 22.0 Å². The largest absolute Gasteiger partial charge is 0.425 e. The molecule has 0 unspecified atom stereocenters. The molecule has 2 aliphatic heterocycles. The molecule has 1 aromatic carbocycles. The van der Waals surface area contributed by atoms with Gasteiger partial charge in [0.05, 0.1) is 6.26 Å². The zero-order chi connectivity index (χ0) is 16.6. The molecule has 0 spiro atoms. The van der Waals surface area contributed by atoms with Crippen molar-refractivity contribution in [3.05, 3.63) is 23.8 Å². The first kappa shape index (κ1) is 15.9. The van der Waals surface area contributed by atoms with Crippen molar-refractivity contribution in [1.29, 1.82) is 0 Å². The number of ether oxygens (including phenoxy) is 1. The number of amides is 1. The number of aryl methyl sites for hydroxylation is 1. The van der Waals surface area contributed by atoms with Gasteiger partial charge in [0.1, 0.15) is 11.8 Å². The highest BCUT2D eigenvalue weighted by atomic mass is 32.2. The molecular weight excluding hydrogens is 320 g/mol. The summed E-state index contributed by atoms with van der Waals surface area (Å²) >= 11 is 0. The molecule has 1 atom stereocenters. The van der Waals surface area contributed by atoms with Crippen LogP contribution in [0, 0.1) is 0 Å². The fourth-order valence-corrected chi connectivity index (χ4v) is 4.09. The number of rotatable bonds is 3. The van der Waals surface area contributed by atoms with Gasteiger partial charge in [-0.1, -0.05) is 0 Å². The molecule has 8 heteroatoms. The summed E-state index contributed by atoms with van der Waals surface area (Å²) in [5.41, 5.74) is 1.63. The van der Waals surface area contributed by atoms with Gasteiger partial charge in [-0.25, -0.2) is 13.2 Å². The zero-order valence-electron chi connectivity index (χ0n) is 12.7. The molecule has 7 nitrogen and oxygen atoms in total. The number of sulfonamides is 1. The van der Waals surface area contributed by atoms with Crippen molar-refractivity contribution in [3.63, 3.8) is 0 Å². The molecule has 0 bridgehead atoms. The van der Waals surface area contributed by atoms with Crippen molar-refractivity contribution in [2.75, 3.05) is 18.1 Å². The number of benzene rings is 1. The van der Waals surface area contributed by atoms with E-state index in [1.807, 2.05) is 0 Å². The minimum absolute atomic E-state index is 0.0306. The summed E-state index contributed by atoms with van der Waals surface area (Å²) in [5.74, 6) is -0.227. The van der Waals surface area contributed by atoms with Crippen molar-refractivity contribution in [1.82, 2.24) is 4.31 Å². The molecule has 124 valence electrons. The highest BCUT2D eigenvalue weighted by molar-refractivity contribution is 7.88. The van der Waals surface area contributed by atoms with Gasteiger partial charge in [0.25, 0.3) is 0 Å². The number of nitrogens with one attached hydrogen (secondary N) is 1. The molecule has 1 amide bonds. The van der Waals surface area contributed by atoms with Gasteiger partial charge < -0.3 is 10.1 Å². The summed E-state index contributed by atoms with van der Waals surface area (Å²) in [4.78, 5) is 23.6. The van der Waals surface area contributed by atoms with Gasteiger partial charge in [0.2, 0.25) is 15.9 Å². The lowest BCUT2D eigenvalue weighted by atomic mass is 10.0. The number of nitrogens with zero attached hydrogens (tertiary/aromatic N) is 1. The third-order valence-corrected chi connectivity index (χ3v) is 5.38. The van der Waals surface area contributed by atoms with E-state index in [9.17, 15) is 18.0 Å². The first-order chi connectivity index (χ1) is 10.8. The fourth-order valence-electron chi connectivity index (χ4n) is 2.98. The van der Waals surface area contributed by atoms with Crippen molar-refractivity contribution in [2.45, 2.75) is 31.7 Å². The monoisotopic (exact) mass is 338 g/mol. The van der Waals surface area contributed by atoms with E-state index in [1.54, 1.807) is 18.2 Å². The Kier molecular flexibility index (Phi) is 4.11. The van der Waals surface area contributed by atoms with Gasteiger partial charge in [-0.15, -0.1) is 0 Å². The molecule has 2 aliphatic rings. The minimum Gasteiger partial charge on any atom is -0.425 e. The number of fused-ring (bicyclic) bond motifs is 1. The van der Waals surface area contributed by atoms with E-state index >= 15 is 0 Å². The second kappa shape index (κ2) is 5.93. The third-order valence-electron chi connectivity index (χ3n) is 4.09. The maximum atomic E-state index is 12.3.